The number of rotatable bonds is 13. The quantitative estimate of drug-likeness (QED) is 0.450. The largest absolute Gasteiger partial charge is 0.493 e. The zero-order chi connectivity index (χ0) is 22.1. The van der Waals surface area contributed by atoms with Gasteiger partial charge < -0.3 is 19.0 Å². The molecule has 1 N–H and O–H groups in total. The summed E-state index contributed by atoms with van der Waals surface area (Å²) in [6.45, 7) is 10.9. The van der Waals surface area contributed by atoms with Gasteiger partial charge in [0.25, 0.3) is 0 Å². The van der Waals surface area contributed by atoms with Crippen molar-refractivity contribution in [2.45, 2.75) is 72.1 Å². The van der Waals surface area contributed by atoms with Gasteiger partial charge in [-0.3, -0.25) is 4.90 Å². The lowest BCUT2D eigenvalue weighted by molar-refractivity contribution is -0.00527. The van der Waals surface area contributed by atoms with Crippen LogP contribution in [0.15, 0.2) is 34.7 Å². The zero-order valence-corrected chi connectivity index (χ0v) is 19.5. The summed E-state index contributed by atoms with van der Waals surface area (Å²) in [5.74, 6) is 3.58. The van der Waals surface area contributed by atoms with Gasteiger partial charge in [0, 0.05) is 18.7 Å². The van der Waals surface area contributed by atoms with Crippen molar-refractivity contribution in [1.29, 1.82) is 0 Å². The molecule has 1 aromatic heterocycles. The summed E-state index contributed by atoms with van der Waals surface area (Å²) in [5, 5.41) is 11.1. The Balaban J connectivity index is 2.23. The minimum Gasteiger partial charge on any atom is -0.493 e. The SMILES string of the molecule is CCCC(O)(CCC)c1ccc(CN(Cc2cccc(OC)c2OC)CC(C)C)o1. The smallest absolute Gasteiger partial charge is 0.165 e. The van der Waals surface area contributed by atoms with Crippen molar-refractivity contribution in [3.8, 4) is 11.5 Å². The number of nitrogens with zero attached hydrogens (tertiary/aromatic N) is 1. The predicted octanol–water partition coefficient (Wildman–Crippen LogP) is 5.74. The maximum Gasteiger partial charge on any atom is 0.165 e. The van der Waals surface area contributed by atoms with Crippen molar-refractivity contribution in [2.24, 2.45) is 5.92 Å². The second kappa shape index (κ2) is 11.4. The number of ether oxygens (including phenoxy) is 2. The molecule has 0 saturated carbocycles. The standard InChI is InChI=1S/C25H39NO4/c1-7-14-25(27,15-8-2)23-13-12-21(30-23)18-26(16-19(3)4)17-20-10-9-11-22(28-5)24(20)29-6/h9-13,19,27H,7-8,14-18H2,1-6H3. The Morgan fingerprint density at radius 3 is 2.27 bits per heavy atom. The topological polar surface area (TPSA) is 55.1 Å². The Morgan fingerprint density at radius 1 is 1.00 bits per heavy atom. The summed E-state index contributed by atoms with van der Waals surface area (Å²) in [4.78, 5) is 2.35. The summed E-state index contributed by atoms with van der Waals surface area (Å²) < 4.78 is 17.2. The highest BCUT2D eigenvalue weighted by Crippen LogP contribution is 2.34. The minimum absolute atomic E-state index is 0.508. The van der Waals surface area contributed by atoms with Crippen LogP contribution < -0.4 is 9.47 Å². The summed E-state index contributed by atoms with van der Waals surface area (Å²) >= 11 is 0. The Bertz CT molecular complexity index is 762. The summed E-state index contributed by atoms with van der Waals surface area (Å²) in [5.41, 5.74) is 0.207. The van der Waals surface area contributed by atoms with Gasteiger partial charge in [-0.05, 0) is 37.0 Å². The van der Waals surface area contributed by atoms with E-state index in [2.05, 4.69) is 38.7 Å². The van der Waals surface area contributed by atoms with E-state index in [1.807, 2.05) is 24.3 Å². The van der Waals surface area contributed by atoms with Crippen LogP contribution in [0.5, 0.6) is 11.5 Å². The van der Waals surface area contributed by atoms with E-state index in [0.29, 0.717) is 31.1 Å². The van der Waals surface area contributed by atoms with Gasteiger partial charge in [-0.15, -0.1) is 0 Å². The van der Waals surface area contributed by atoms with E-state index in [1.54, 1.807) is 14.2 Å². The van der Waals surface area contributed by atoms with Gasteiger partial charge in [0.05, 0.1) is 20.8 Å². The second-order valence-electron chi connectivity index (χ2n) is 8.51. The number of hydrogen-bond donors (Lipinski definition) is 1. The first kappa shape index (κ1) is 24.3. The van der Waals surface area contributed by atoms with Gasteiger partial charge in [0.2, 0.25) is 0 Å². The molecule has 0 amide bonds. The maximum absolute atomic E-state index is 11.1. The first-order valence-corrected chi connectivity index (χ1v) is 11.1. The Hall–Kier alpha value is -1.98. The van der Waals surface area contributed by atoms with Crippen molar-refractivity contribution in [2.75, 3.05) is 20.8 Å². The monoisotopic (exact) mass is 417 g/mol. The van der Waals surface area contributed by atoms with Crippen LogP contribution in [0.4, 0.5) is 0 Å². The Morgan fingerprint density at radius 2 is 1.70 bits per heavy atom. The van der Waals surface area contributed by atoms with Crippen LogP contribution in [0, 0.1) is 5.92 Å². The molecule has 0 spiro atoms. The van der Waals surface area contributed by atoms with E-state index >= 15 is 0 Å². The molecular weight excluding hydrogens is 378 g/mol. The lowest BCUT2D eigenvalue weighted by Crippen LogP contribution is -2.27. The molecule has 2 rings (SSSR count). The molecular formula is C25H39NO4. The maximum atomic E-state index is 11.1. The molecule has 0 atom stereocenters. The van der Waals surface area contributed by atoms with Crippen LogP contribution >= 0.6 is 0 Å². The average Bonchev–Trinajstić information content (AvgIpc) is 3.17. The molecule has 0 unspecified atom stereocenters. The zero-order valence-electron chi connectivity index (χ0n) is 19.5. The van der Waals surface area contributed by atoms with E-state index < -0.39 is 5.60 Å². The minimum atomic E-state index is -0.874. The van der Waals surface area contributed by atoms with Gasteiger partial charge in [0.15, 0.2) is 11.5 Å². The van der Waals surface area contributed by atoms with Crippen molar-refractivity contribution < 1.29 is 19.0 Å². The van der Waals surface area contributed by atoms with Crippen LogP contribution in [0.25, 0.3) is 0 Å². The fourth-order valence-corrected chi connectivity index (χ4v) is 4.15. The number of furan rings is 1. The molecule has 5 nitrogen and oxygen atoms in total. The average molecular weight is 418 g/mol. The highest BCUT2D eigenvalue weighted by molar-refractivity contribution is 5.46. The number of para-hydroxylation sites is 1. The van der Waals surface area contributed by atoms with E-state index in [0.717, 1.165) is 48.8 Å². The lowest BCUT2D eigenvalue weighted by Gasteiger charge is -2.26. The van der Waals surface area contributed by atoms with E-state index in [9.17, 15) is 5.11 Å². The van der Waals surface area contributed by atoms with E-state index in [-0.39, 0.29) is 0 Å². The summed E-state index contributed by atoms with van der Waals surface area (Å²) in [7, 11) is 3.33. The third-order valence-corrected chi connectivity index (χ3v) is 5.33. The van der Waals surface area contributed by atoms with Crippen LogP contribution in [0.1, 0.15) is 70.5 Å². The molecule has 168 valence electrons. The van der Waals surface area contributed by atoms with Crippen molar-refractivity contribution >= 4 is 0 Å². The van der Waals surface area contributed by atoms with Crippen molar-refractivity contribution in [3.05, 3.63) is 47.4 Å². The molecule has 30 heavy (non-hydrogen) atoms. The van der Waals surface area contributed by atoms with E-state index in [4.69, 9.17) is 13.9 Å². The van der Waals surface area contributed by atoms with Gasteiger partial charge in [-0.25, -0.2) is 0 Å². The number of benzene rings is 1. The highest BCUT2D eigenvalue weighted by atomic mass is 16.5. The molecule has 1 aromatic carbocycles. The van der Waals surface area contributed by atoms with Crippen molar-refractivity contribution in [3.63, 3.8) is 0 Å². The first-order valence-electron chi connectivity index (χ1n) is 11.1. The molecule has 0 fully saturated rings. The molecule has 0 radical (unpaired) electrons. The fourth-order valence-electron chi connectivity index (χ4n) is 4.15. The van der Waals surface area contributed by atoms with Crippen LogP contribution in [-0.4, -0.2) is 30.8 Å². The molecule has 0 aliphatic carbocycles. The second-order valence-corrected chi connectivity index (χ2v) is 8.51. The lowest BCUT2D eigenvalue weighted by atomic mass is 9.90. The normalized spacial score (nSPS) is 12.0. The molecule has 0 saturated heterocycles. The van der Waals surface area contributed by atoms with Crippen LogP contribution in [0.3, 0.4) is 0 Å². The third kappa shape index (κ3) is 6.26. The summed E-state index contributed by atoms with van der Waals surface area (Å²) in [6.07, 6.45) is 3.26. The fraction of sp³-hybridized carbons (Fsp3) is 0.600. The molecule has 5 heteroatoms. The summed E-state index contributed by atoms with van der Waals surface area (Å²) in [6, 6.07) is 9.92. The molecule has 1 heterocycles. The number of methoxy groups -OCH3 is 2. The molecule has 0 aliphatic heterocycles. The Kier molecular flexibility index (Phi) is 9.25. The van der Waals surface area contributed by atoms with Crippen LogP contribution in [0.2, 0.25) is 0 Å². The number of hydrogen-bond acceptors (Lipinski definition) is 5. The third-order valence-electron chi connectivity index (χ3n) is 5.33. The molecule has 0 aliphatic rings. The first-order chi connectivity index (χ1) is 14.4. The van der Waals surface area contributed by atoms with Crippen LogP contribution in [-0.2, 0) is 18.7 Å². The van der Waals surface area contributed by atoms with Crippen molar-refractivity contribution in [1.82, 2.24) is 4.90 Å². The van der Waals surface area contributed by atoms with Gasteiger partial charge in [-0.1, -0.05) is 52.7 Å². The predicted molar refractivity (Wildman–Crippen MR) is 121 cm³/mol. The molecule has 0 bridgehead atoms. The van der Waals surface area contributed by atoms with Gasteiger partial charge in [0.1, 0.15) is 17.1 Å². The van der Waals surface area contributed by atoms with E-state index in [1.165, 1.54) is 0 Å². The number of aliphatic hydroxyl groups is 1. The Labute approximate surface area is 182 Å². The van der Waals surface area contributed by atoms with Gasteiger partial charge >= 0.3 is 0 Å². The highest BCUT2D eigenvalue weighted by Gasteiger charge is 2.31. The molecule has 2 aromatic rings. The van der Waals surface area contributed by atoms with Gasteiger partial charge in [-0.2, -0.15) is 0 Å².